The third kappa shape index (κ3) is 1.28. The molecule has 2 aromatic rings. The van der Waals surface area contributed by atoms with Gasteiger partial charge in [0.15, 0.2) is 0 Å². The molecule has 3 nitrogen and oxygen atoms in total. The molecule has 0 fully saturated rings. The van der Waals surface area contributed by atoms with E-state index in [-0.39, 0.29) is 0 Å². The van der Waals surface area contributed by atoms with Crippen molar-refractivity contribution in [1.82, 2.24) is 4.98 Å². The molecule has 0 amide bonds. The monoisotopic (exact) mass is 207 g/mol. The lowest BCUT2D eigenvalue weighted by Gasteiger charge is -1.93. The van der Waals surface area contributed by atoms with E-state index in [2.05, 4.69) is 4.98 Å². The van der Waals surface area contributed by atoms with Crippen LogP contribution in [0, 0.1) is 13.8 Å². The van der Waals surface area contributed by atoms with E-state index in [0.29, 0.717) is 4.88 Å². The van der Waals surface area contributed by atoms with Crippen molar-refractivity contribution >= 4 is 27.5 Å². The number of fused-ring (bicyclic) bond motifs is 1. The van der Waals surface area contributed by atoms with Gasteiger partial charge in [-0.15, -0.1) is 11.3 Å². The first kappa shape index (κ1) is 9.15. The van der Waals surface area contributed by atoms with Crippen molar-refractivity contribution < 1.29 is 9.90 Å². The second kappa shape index (κ2) is 3.06. The van der Waals surface area contributed by atoms with Gasteiger partial charge in [0.1, 0.15) is 9.71 Å². The number of rotatable bonds is 1. The van der Waals surface area contributed by atoms with Crippen LogP contribution in [0.4, 0.5) is 0 Å². The fourth-order valence-corrected chi connectivity index (χ4v) is 2.38. The van der Waals surface area contributed by atoms with Crippen LogP contribution in [0.1, 0.15) is 20.8 Å². The Hall–Kier alpha value is -1.42. The third-order valence-electron chi connectivity index (χ3n) is 2.13. The van der Waals surface area contributed by atoms with Crippen LogP contribution in [-0.4, -0.2) is 16.1 Å². The lowest BCUT2D eigenvalue weighted by atomic mass is 10.1. The average Bonchev–Trinajstić information content (AvgIpc) is 2.44. The van der Waals surface area contributed by atoms with Gasteiger partial charge < -0.3 is 5.11 Å². The van der Waals surface area contributed by atoms with Crippen molar-refractivity contribution in [2.24, 2.45) is 0 Å². The maximum absolute atomic E-state index is 10.9. The minimum absolute atomic E-state index is 0.387. The molecular weight excluding hydrogens is 198 g/mol. The fourth-order valence-electron chi connectivity index (χ4n) is 1.41. The van der Waals surface area contributed by atoms with E-state index in [4.69, 9.17) is 5.11 Å². The minimum Gasteiger partial charge on any atom is -0.477 e. The molecule has 72 valence electrons. The van der Waals surface area contributed by atoms with Gasteiger partial charge in [0.2, 0.25) is 0 Å². The van der Waals surface area contributed by atoms with Crippen molar-refractivity contribution in [3.63, 3.8) is 0 Å². The number of aryl methyl sites for hydroxylation is 2. The Kier molecular flexibility index (Phi) is 2.00. The molecule has 0 saturated carbocycles. The number of aromatic carboxylic acids is 1. The summed E-state index contributed by atoms with van der Waals surface area (Å²) in [5.41, 5.74) is 1.86. The highest BCUT2D eigenvalue weighted by Crippen LogP contribution is 2.29. The van der Waals surface area contributed by atoms with Crippen molar-refractivity contribution in [3.8, 4) is 0 Å². The van der Waals surface area contributed by atoms with E-state index in [9.17, 15) is 4.79 Å². The molecule has 1 N–H and O–H groups in total. The van der Waals surface area contributed by atoms with E-state index in [1.165, 1.54) is 11.3 Å². The zero-order valence-corrected chi connectivity index (χ0v) is 8.68. The molecule has 0 spiro atoms. The Labute approximate surface area is 85.0 Å². The lowest BCUT2D eigenvalue weighted by Crippen LogP contribution is -1.93. The Bertz CT molecular complexity index is 516. The molecule has 2 heterocycles. The molecule has 0 aromatic carbocycles. The number of aromatic nitrogens is 1. The lowest BCUT2D eigenvalue weighted by molar-refractivity contribution is 0.0701. The number of nitrogens with zero attached hydrogens (tertiary/aromatic N) is 1. The van der Waals surface area contributed by atoms with Crippen LogP contribution >= 0.6 is 11.3 Å². The Morgan fingerprint density at radius 2 is 2.21 bits per heavy atom. The second-order valence-corrected chi connectivity index (χ2v) is 4.23. The van der Waals surface area contributed by atoms with Gasteiger partial charge in [0.25, 0.3) is 0 Å². The summed E-state index contributed by atoms with van der Waals surface area (Å²) in [7, 11) is 0. The summed E-state index contributed by atoms with van der Waals surface area (Å²) in [6.45, 7) is 3.77. The zero-order chi connectivity index (χ0) is 10.3. The normalized spacial score (nSPS) is 10.7. The van der Waals surface area contributed by atoms with Gasteiger partial charge in [-0.2, -0.15) is 0 Å². The van der Waals surface area contributed by atoms with Crippen LogP contribution in [0.2, 0.25) is 0 Å². The highest BCUT2D eigenvalue weighted by molar-refractivity contribution is 7.20. The Morgan fingerprint density at radius 1 is 1.50 bits per heavy atom. The molecule has 2 rings (SSSR count). The third-order valence-corrected chi connectivity index (χ3v) is 3.33. The first-order chi connectivity index (χ1) is 6.59. The average molecular weight is 207 g/mol. The Morgan fingerprint density at radius 3 is 2.86 bits per heavy atom. The predicted octanol–water partition coefficient (Wildman–Crippen LogP) is 2.61. The molecule has 0 saturated heterocycles. The van der Waals surface area contributed by atoms with E-state index >= 15 is 0 Å². The first-order valence-electron chi connectivity index (χ1n) is 4.18. The van der Waals surface area contributed by atoms with Gasteiger partial charge in [-0.3, -0.25) is 0 Å². The SMILES string of the molecule is Cc1cnc2sc(C(=O)O)c(C)c2c1. The molecular formula is C10H9NO2S. The number of thiophene rings is 1. The van der Waals surface area contributed by atoms with E-state index in [0.717, 1.165) is 21.3 Å². The molecule has 14 heavy (non-hydrogen) atoms. The molecule has 0 atom stereocenters. The number of hydrogen-bond acceptors (Lipinski definition) is 3. The van der Waals surface area contributed by atoms with Gasteiger partial charge in [-0.05, 0) is 31.0 Å². The van der Waals surface area contributed by atoms with Crippen molar-refractivity contribution in [2.75, 3.05) is 0 Å². The molecule has 0 aliphatic rings. The van der Waals surface area contributed by atoms with E-state index < -0.39 is 5.97 Å². The van der Waals surface area contributed by atoms with Gasteiger partial charge >= 0.3 is 5.97 Å². The van der Waals surface area contributed by atoms with E-state index in [1.807, 2.05) is 19.9 Å². The summed E-state index contributed by atoms with van der Waals surface area (Å²) >= 11 is 1.23. The molecule has 4 heteroatoms. The maximum atomic E-state index is 10.9. The Balaban J connectivity index is 2.80. The van der Waals surface area contributed by atoms with Crippen molar-refractivity contribution in [3.05, 3.63) is 28.3 Å². The second-order valence-electron chi connectivity index (χ2n) is 3.23. The molecule has 2 aromatic heterocycles. The van der Waals surface area contributed by atoms with Gasteiger partial charge in [-0.25, -0.2) is 9.78 Å². The summed E-state index contributed by atoms with van der Waals surface area (Å²) in [4.78, 5) is 16.2. The van der Waals surface area contributed by atoms with Gasteiger partial charge in [0, 0.05) is 11.6 Å². The predicted molar refractivity (Wildman–Crippen MR) is 56.1 cm³/mol. The quantitative estimate of drug-likeness (QED) is 0.782. The molecule has 0 aliphatic heterocycles. The van der Waals surface area contributed by atoms with Crippen LogP contribution in [0.25, 0.3) is 10.2 Å². The number of carbonyl (C=O) groups is 1. The zero-order valence-electron chi connectivity index (χ0n) is 7.87. The number of pyridine rings is 1. The summed E-state index contributed by atoms with van der Waals surface area (Å²) in [6, 6.07) is 1.97. The van der Waals surface area contributed by atoms with Crippen LogP contribution in [0.3, 0.4) is 0 Å². The molecule has 0 bridgehead atoms. The first-order valence-corrected chi connectivity index (χ1v) is 5.00. The van der Waals surface area contributed by atoms with Crippen molar-refractivity contribution in [2.45, 2.75) is 13.8 Å². The highest BCUT2D eigenvalue weighted by Gasteiger charge is 2.14. The molecule has 0 aliphatic carbocycles. The highest BCUT2D eigenvalue weighted by atomic mass is 32.1. The molecule has 0 radical (unpaired) electrons. The largest absolute Gasteiger partial charge is 0.477 e. The van der Waals surface area contributed by atoms with Crippen LogP contribution in [-0.2, 0) is 0 Å². The van der Waals surface area contributed by atoms with Crippen LogP contribution < -0.4 is 0 Å². The van der Waals surface area contributed by atoms with Crippen molar-refractivity contribution in [1.29, 1.82) is 0 Å². The summed E-state index contributed by atoms with van der Waals surface area (Å²) < 4.78 is 0. The summed E-state index contributed by atoms with van der Waals surface area (Å²) in [5, 5.41) is 9.87. The van der Waals surface area contributed by atoms with Gasteiger partial charge in [0.05, 0.1) is 0 Å². The smallest absolute Gasteiger partial charge is 0.346 e. The topological polar surface area (TPSA) is 50.2 Å². The van der Waals surface area contributed by atoms with Crippen LogP contribution in [0.15, 0.2) is 12.3 Å². The summed E-state index contributed by atoms with van der Waals surface area (Å²) in [6.07, 6.45) is 1.75. The van der Waals surface area contributed by atoms with Gasteiger partial charge in [-0.1, -0.05) is 0 Å². The number of hydrogen-bond donors (Lipinski definition) is 1. The maximum Gasteiger partial charge on any atom is 0.346 e. The fraction of sp³-hybridized carbons (Fsp3) is 0.200. The molecule has 0 unspecified atom stereocenters. The number of carboxylic acids is 1. The number of carboxylic acid groups (broad SMARTS) is 1. The standard InChI is InChI=1S/C10H9NO2S/c1-5-3-7-6(2)8(10(12)13)14-9(7)11-4-5/h3-4H,1-2H3,(H,12,13). The van der Waals surface area contributed by atoms with E-state index in [1.54, 1.807) is 6.20 Å². The van der Waals surface area contributed by atoms with Crippen LogP contribution in [0.5, 0.6) is 0 Å². The summed E-state index contributed by atoms with van der Waals surface area (Å²) in [5.74, 6) is -0.872. The minimum atomic E-state index is -0.872.